The molecule has 1 aliphatic heterocycles. The number of benzene rings is 3. The maximum absolute atomic E-state index is 13.6. The monoisotopic (exact) mass is 920 g/mol. The van der Waals surface area contributed by atoms with Crippen molar-refractivity contribution in [2.24, 2.45) is 4.99 Å². The van der Waals surface area contributed by atoms with E-state index in [4.69, 9.17) is 35.5 Å². The van der Waals surface area contributed by atoms with E-state index < -0.39 is 6.04 Å². The summed E-state index contributed by atoms with van der Waals surface area (Å²) >= 11 is 7.94. The van der Waals surface area contributed by atoms with Crippen LogP contribution in [0.3, 0.4) is 0 Å². The average Bonchev–Trinajstić information content (AvgIpc) is 3.91. The summed E-state index contributed by atoms with van der Waals surface area (Å²) in [5.41, 5.74) is 10.4. The van der Waals surface area contributed by atoms with Gasteiger partial charge in [0, 0.05) is 65.0 Å². The van der Waals surface area contributed by atoms with Gasteiger partial charge in [0.25, 0.3) is 0 Å². The minimum atomic E-state index is -0.505. The standard InChI is InChI=1S/C49H51ClN6O6S.H2S/c1-30-23-45(52-29-43(30)37-8-7-36-26-41(58)27-38(36)25-37)51-15-16-59-17-18-60-19-20-61-21-22-62-42-13-5-34(6-14-42)24-40(57)28-44-48-55-54-33(4)56(48)49-46(31(2)32(3)63-49)47(53-44)35-9-11-39(50)12-10-35;/h5-14,23,25,29,44H,15-22,24,26-28H2,1-4H3,(H,51,52);1H2/t44-;/m0./s1. The van der Waals surface area contributed by atoms with Crippen molar-refractivity contribution >= 4 is 59.5 Å². The summed E-state index contributed by atoms with van der Waals surface area (Å²) < 4.78 is 25.0. The number of hydrogen-bond acceptors (Lipinski definition) is 12. The maximum atomic E-state index is 13.6. The fraction of sp³-hybridized carbons (Fsp3) is 0.347. The van der Waals surface area contributed by atoms with Crippen LogP contribution in [0.2, 0.25) is 5.02 Å². The molecule has 6 aromatic rings. The van der Waals surface area contributed by atoms with Crippen LogP contribution in [0.15, 0.2) is 84.0 Å². The number of pyridine rings is 1. The highest BCUT2D eigenvalue weighted by Gasteiger charge is 2.32. The second kappa shape index (κ2) is 21.6. The highest BCUT2D eigenvalue weighted by atomic mass is 35.5. The Balaban J connectivity index is 0.00000612. The minimum Gasteiger partial charge on any atom is -0.491 e. The zero-order valence-electron chi connectivity index (χ0n) is 36.5. The van der Waals surface area contributed by atoms with E-state index in [9.17, 15) is 9.59 Å². The molecule has 64 heavy (non-hydrogen) atoms. The van der Waals surface area contributed by atoms with Gasteiger partial charge in [0.05, 0.1) is 45.4 Å². The quantitative estimate of drug-likeness (QED) is 0.0741. The molecule has 0 saturated carbocycles. The van der Waals surface area contributed by atoms with Gasteiger partial charge in [-0.25, -0.2) is 4.98 Å². The Hall–Kier alpha value is -5.22. The van der Waals surface area contributed by atoms with Gasteiger partial charge in [-0.15, -0.1) is 21.5 Å². The zero-order chi connectivity index (χ0) is 43.9. The highest BCUT2D eigenvalue weighted by molar-refractivity contribution is 7.59. The molecule has 3 aromatic heterocycles. The van der Waals surface area contributed by atoms with Crippen LogP contribution in [0.5, 0.6) is 5.75 Å². The molecule has 1 N–H and O–H groups in total. The number of rotatable bonds is 20. The van der Waals surface area contributed by atoms with Crippen LogP contribution >= 0.6 is 36.4 Å². The SMILES string of the molecule is Cc1cc(NCCOCCOCCOCCOc2ccc(CC(=O)C[C@@H]3N=C(c4ccc(Cl)cc4)c4c(sc(C)c4C)-n4c(C)nnc43)cc2)ncc1-c1ccc2c(c1)CC(=O)C2.S. The van der Waals surface area contributed by atoms with E-state index in [-0.39, 0.29) is 37.9 Å². The Bertz CT molecular complexity index is 2630. The molecule has 0 spiro atoms. The number of thiophene rings is 1. The lowest BCUT2D eigenvalue weighted by Gasteiger charge is -2.13. The summed E-state index contributed by atoms with van der Waals surface area (Å²) in [6, 6.07) is 23.1. The van der Waals surface area contributed by atoms with Crippen molar-refractivity contribution in [3.05, 3.63) is 139 Å². The average molecular weight is 922 g/mol. The molecule has 1 atom stereocenters. The predicted octanol–water partition coefficient (Wildman–Crippen LogP) is 8.69. The number of Topliss-reactive ketones (excluding diaryl/α,β-unsaturated/α-hetero) is 2. The van der Waals surface area contributed by atoms with E-state index in [1.807, 2.05) is 67.7 Å². The Labute approximate surface area is 389 Å². The van der Waals surface area contributed by atoms with Crippen molar-refractivity contribution in [1.82, 2.24) is 19.7 Å². The first-order valence-corrected chi connectivity index (χ1v) is 22.5. The van der Waals surface area contributed by atoms with Crippen molar-refractivity contribution in [2.45, 2.75) is 59.4 Å². The van der Waals surface area contributed by atoms with E-state index >= 15 is 0 Å². The first-order valence-electron chi connectivity index (χ1n) is 21.3. The van der Waals surface area contributed by atoms with Gasteiger partial charge in [-0.3, -0.25) is 19.1 Å². The molecule has 8 rings (SSSR count). The molecule has 4 heterocycles. The van der Waals surface area contributed by atoms with Gasteiger partial charge in [0.1, 0.15) is 46.6 Å². The molecule has 3 aromatic carbocycles. The van der Waals surface area contributed by atoms with Crippen LogP contribution in [0, 0.1) is 27.7 Å². The third kappa shape index (κ3) is 11.2. The molecular formula is C49H53ClN6O6S2. The maximum Gasteiger partial charge on any atom is 0.163 e. The molecule has 0 radical (unpaired) electrons. The molecule has 0 unspecified atom stereocenters. The molecular weight excluding hydrogens is 868 g/mol. The van der Waals surface area contributed by atoms with Gasteiger partial charge < -0.3 is 24.3 Å². The minimum absolute atomic E-state index is 0. The van der Waals surface area contributed by atoms with Gasteiger partial charge >= 0.3 is 0 Å². The van der Waals surface area contributed by atoms with Crippen LogP contribution in [0.1, 0.15) is 67.9 Å². The number of fused-ring (bicyclic) bond motifs is 4. The van der Waals surface area contributed by atoms with Gasteiger partial charge in [-0.05, 0) is 91.4 Å². The molecule has 15 heteroatoms. The Morgan fingerprint density at radius 2 is 1.52 bits per heavy atom. The lowest BCUT2D eigenvalue weighted by Crippen LogP contribution is -2.15. The van der Waals surface area contributed by atoms with Crippen LogP contribution in [-0.2, 0) is 43.1 Å². The molecule has 0 amide bonds. The molecule has 2 aliphatic rings. The summed E-state index contributed by atoms with van der Waals surface area (Å²) in [5.74, 6) is 3.26. The third-order valence-corrected chi connectivity index (χ3v) is 12.7. The van der Waals surface area contributed by atoms with Crippen molar-refractivity contribution in [1.29, 1.82) is 0 Å². The Morgan fingerprint density at radius 1 is 0.828 bits per heavy atom. The number of carbonyl (C=O) groups excluding carboxylic acids is 2. The molecule has 12 nitrogen and oxygen atoms in total. The van der Waals surface area contributed by atoms with Crippen molar-refractivity contribution in [2.75, 3.05) is 58.1 Å². The van der Waals surface area contributed by atoms with E-state index in [0.29, 0.717) is 82.2 Å². The summed E-state index contributed by atoms with van der Waals surface area (Å²) in [4.78, 5) is 36.5. The van der Waals surface area contributed by atoms with E-state index in [1.54, 1.807) is 11.3 Å². The van der Waals surface area contributed by atoms with Crippen molar-refractivity contribution in [3.8, 4) is 21.9 Å². The molecule has 0 saturated heterocycles. The first-order chi connectivity index (χ1) is 30.6. The second-order valence-corrected chi connectivity index (χ2v) is 17.5. The molecule has 0 bridgehead atoms. The molecule has 1 aliphatic carbocycles. The largest absolute Gasteiger partial charge is 0.491 e. The number of ether oxygens (including phenoxy) is 4. The lowest BCUT2D eigenvalue weighted by atomic mass is 9.99. The number of aryl methyl sites for hydroxylation is 3. The Kier molecular flexibility index (Phi) is 15.8. The number of ketones is 2. The third-order valence-electron chi connectivity index (χ3n) is 11.3. The fourth-order valence-electron chi connectivity index (χ4n) is 7.94. The Morgan fingerprint density at radius 3 is 2.25 bits per heavy atom. The van der Waals surface area contributed by atoms with Gasteiger partial charge in [0.2, 0.25) is 0 Å². The van der Waals surface area contributed by atoms with Crippen LogP contribution < -0.4 is 10.1 Å². The first kappa shape index (κ1) is 46.8. The summed E-state index contributed by atoms with van der Waals surface area (Å²) in [5, 5.41) is 13.9. The van der Waals surface area contributed by atoms with Gasteiger partial charge in [0.15, 0.2) is 5.82 Å². The van der Waals surface area contributed by atoms with Crippen LogP contribution in [0.4, 0.5) is 5.82 Å². The molecule has 0 fully saturated rings. The van der Waals surface area contributed by atoms with E-state index in [0.717, 1.165) is 72.4 Å². The van der Waals surface area contributed by atoms with Crippen molar-refractivity contribution < 1.29 is 28.5 Å². The van der Waals surface area contributed by atoms with Crippen LogP contribution in [-0.4, -0.2) is 89.8 Å². The number of aromatic nitrogens is 4. The zero-order valence-corrected chi connectivity index (χ0v) is 39.1. The number of aliphatic imine (C=N–C) groups is 1. The number of halogens is 1. The number of anilines is 1. The predicted molar refractivity (Wildman–Crippen MR) is 257 cm³/mol. The van der Waals surface area contributed by atoms with E-state index in [1.165, 1.54) is 4.88 Å². The summed E-state index contributed by atoms with van der Waals surface area (Å²) in [6.45, 7) is 12.1. The van der Waals surface area contributed by atoms with Crippen LogP contribution in [0.25, 0.3) is 16.1 Å². The fourth-order valence-corrected chi connectivity index (χ4v) is 9.28. The second-order valence-electron chi connectivity index (χ2n) is 15.8. The molecule has 334 valence electrons. The van der Waals surface area contributed by atoms with Crippen molar-refractivity contribution in [3.63, 3.8) is 0 Å². The summed E-state index contributed by atoms with van der Waals surface area (Å²) in [7, 11) is 0. The lowest BCUT2D eigenvalue weighted by molar-refractivity contribution is -0.119. The van der Waals surface area contributed by atoms with Gasteiger partial charge in [-0.1, -0.05) is 54.1 Å². The number of nitrogens with zero attached hydrogens (tertiary/aromatic N) is 5. The normalized spacial score (nSPS) is 14.0. The van der Waals surface area contributed by atoms with E-state index in [2.05, 4.69) is 64.0 Å². The summed E-state index contributed by atoms with van der Waals surface area (Å²) in [6.07, 6.45) is 3.39. The number of nitrogens with one attached hydrogen (secondary N) is 1. The number of hydrogen-bond donors (Lipinski definition) is 1. The number of carbonyl (C=O) groups is 2. The topological polar surface area (TPSA) is 139 Å². The highest BCUT2D eigenvalue weighted by Crippen LogP contribution is 2.40. The smallest absolute Gasteiger partial charge is 0.163 e. The van der Waals surface area contributed by atoms with Gasteiger partial charge in [-0.2, -0.15) is 13.5 Å².